The van der Waals surface area contributed by atoms with Crippen molar-refractivity contribution in [3.8, 4) is 0 Å². The number of carbonyl (C=O) groups excluding carboxylic acids is 1. The van der Waals surface area contributed by atoms with Crippen LogP contribution in [0.4, 0.5) is 8.78 Å². The van der Waals surface area contributed by atoms with Gasteiger partial charge in [0.25, 0.3) is 6.43 Å². The Kier molecular flexibility index (Phi) is 3.17. The Morgan fingerprint density at radius 1 is 1.53 bits per heavy atom. The van der Waals surface area contributed by atoms with Gasteiger partial charge in [-0.25, -0.2) is 13.8 Å². The molecule has 0 saturated carbocycles. The second-order valence-corrected chi connectivity index (χ2v) is 3.74. The smallest absolute Gasteiger partial charge is 0.256 e. The number of fused-ring (bicyclic) bond motifs is 1. The summed E-state index contributed by atoms with van der Waals surface area (Å²) >= 11 is 0. The van der Waals surface area contributed by atoms with Crippen LogP contribution in [0.2, 0.25) is 0 Å². The number of rotatable bonds is 4. The van der Waals surface area contributed by atoms with Crippen LogP contribution < -0.4 is 0 Å². The van der Waals surface area contributed by atoms with Crippen molar-refractivity contribution in [3.63, 3.8) is 0 Å². The molecule has 2 heterocycles. The standard InChI is InChI=1S/C12H12F2N2O/c1-2-10(17)9-6-16(7-11(13)14)12-8(9)4-3-5-15-12/h3-6,11H,2,7H2,1H3. The van der Waals surface area contributed by atoms with E-state index >= 15 is 0 Å². The SMILES string of the molecule is CCC(=O)c1cn(CC(F)F)c2ncccc12. The Morgan fingerprint density at radius 2 is 2.29 bits per heavy atom. The molecule has 0 radical (unpaired) electrons. The van der Waals surface area contributed by atoms with Crippen molar-refractivity contribution in [2.24, 2.45) is 0 Å². The van der Waals surface area contributed by atoms with E-state index in [-0.39, 0.29) is 5.78 Å². The first-order chi connectivity index (χ1) is 8.13. The molecule has 3 nitrogen and oxygen atoms in total. The Hall–Kier alpha value is -1.78. The van der Waals surface area contributed by atoms with Crippen LogP contribution in [0.1, 0.15) is 23.7 Å². The lowest BCUT2D eigenvalue weighted by atomic mass is 10.1. The fraction of sp³-hybridized carbons (Fsp3) is 0.333. The first kappa shape index (κ1) is 11.7. The molecule has 0 aliphatic heterocycles. The van der Waals surface area contributed by atoms with Crippen LogP contribution >= 0.6 is 0 Å². The monoisotopic (exact) mass is 238 g/mol. The highest BCUT2D eigenvalue weighted by Crippen LogP contribution is 2.21. The molecule has 2 aromatic heterocycles. The molecule has 0 N–H and O–H groups in total. The summed E-state index contributed by atoms with van der Waals surface area (Å²) in [5.41, 5.74) is 0.904. The van der Waals surface area contributed by atoms with Crippen LogP contribution in [-0.2, 0) is 6.54 Å². The highest BCUT2D eigenvalue weighted by Gasteiger charge is 2.16. The molecule has 0 saturated heterocycles. The van der Waals surface area contributed by atoms with Crippen molar-refractivity contribution < 1.29 is 13.6 Å². The normalized spacial score (nSPS) is 11.3. The molecule has 2 aromatic rings. The molecule has 0 unspecified atom stereocenters. The zero-order chi connectivity index (χ0) is 12.4. The van der Waals surface area contributed by atoms with Gasteiger partial charge in [0.15, 0.2) is 5.78 Å². The van der Waals surface area contributed by atoms with E-state index in [1.807, 2.05) is 0 Å². The minimum Gasteiger partial charge on any atom is -0.326 e. The number of ketones is 1. The number of carbonyl (C=O) groups is 1. The number of Topliss-reactive ketones (excluding diaryl/α,β-unsaturated/α-hetero) is 1. The number of hydrogen-bond donors (Lipinski definition) is 0. The summed E-state index contributed by atoms with van der Waals surface area (Å²) in [4.78, 5) is 15.7. The van der Waals surface area contributed by atoms with Crippen molar-refractivity contribution in [2.75, 3.05) is 0 Å². The zero-order valence-corrected chi connectivity index (χ0v) is 9.36. The van der Waals surface area contributed by atoms with Crippen LogP contribution in [-0.4, -0.2) is 21.8 Å². The predicted octanol–water partition coefficient (Wildman–Crippen LogP) is 2.89. The quantitative estimate of drug-likeness (QED) is 0.767. The van der Waals surface area contributed by atoms with Gasteiger partial charge in [-0.05, 0) is 12.1 Å². The first-order valence-electron chi connectivity index (χ1n) is 5.38. The van der Waals surface area contributed by atoms with Crippen LogP contribution in [0.5, 0.6) is 0 Å². The molecule has 0 fully saturated rings. The van der Waals surface area contributed by atoms with Crippen molar-refractivity contribution in [1.29, 1.82) is 0 Å². The van der Waals surface area contributed by atoms with E-state index in [0.29, 0.717) is 23.0 Å². The molecule has 5 heteroatoms. The number of halogens is 2. The van der Waals surface area contributed by atoms with E-state index in [9.17, 15) is 13.6 Å². The van der Waals surface area contributed by atoms with Gasteiger partial charge < -0.3 is 4.57 Å². The second kappa shape index (κ2) is 4.61. The van der Waals surface area contributed by atoms with Crippen LogP contribution in [0.25, 0.3) is 11.0 Å². The summed E-state index contributed by atoms with van der Waals surface area (Å²) in [6.07, 6.45) is 0.889. The topological polar surface area (TPSA) is 34.9 Å². The maximum Gasteiger partial charge on any atom is 0.256 e. The number of nitrogens with zero attached hydrogens (tertiary/aromatic N) is 2. The lowest BCUT2D eigenvalue weighted by molar-refractivity contribution is 0.0988. The van der Waals surface area contributed by atoms with Gasteiger partial charge in [0.1, 0.15) is 5.65 Å². The van der Waals surface area contributed by atoms with E-state index in [1.54, 1.807) is 19.1 Å². The maximum absolute atomic E-state index is 12.4. The largest absolute Gasteiger partial charge is 0.326 e. The molecule has 0 aliphatic carbocycles. The predicted molar refractivity (Wildman–Crippen MR) is 60.4 cm³/mol. The first-order valence-corrected chi connectivity index (χ1v) is 5.38. The average Bonchev–Trinajstić information content (AvgIpc) is 2.67. The van der Waals surface area contributed by atoms with Crippen molar-refractivity contribution in [2.45, 2.75) is 26.3 Å². The molecule has 17 heavy (non-hydrogen) atoms. The number of hydrogen-bond acceptors (Lipinski definition) is 2. The molecule has 0 amide bonds. The Balaban J connectivity index is 2.58. The number of aromatic nitrogens is 2. The lowest BCUT2D eigenvalue weighted by Crippen LogP contribution is -2.05. The molecular formula is C12H12F2N2O. The third kappa shape index (κ3) is 2.18. The lowest BCUT2D eigenvalue weighted by Gasteiger charge is -2.01. The van der Waals surface area contributed by atoms with E-state index in [1.165, 1.54) is 17.0 Å². The van der Waals surface area contributed by atoms with Gasteiger partial charge in [0.05, 0.1) is 6.54 Å². The van der Waals surface area contributed by atoms with Crippen molar-refractivity contribution in [1.82, 2.24) is 9.55 Å². The van der Waals surface area contributed by atoms with E-state index in [0.717, 1.165) is 0 Å². The third-order valence-electron chi connectivity index (χ3n) is 2.59. The van der Waals surface area contributed by atoms with Gasteiger partial charge >= 0.3 is 0 Å². The summed E-state index contributed by atoms with van der Waals surface area (Å²) in [5.74, 6) is -0.0592. The van der Waals surface area contributed by atoms with Crippen molar-refractivity contribution in [3.05, 3.63) is 30.1 Å². The van der Waals surface area contributed by atoms with Gasteiger partial charge in [-0.3, -0.25) is 4.79 Å². The molecular weight excluding hydrogens is 226 g/mol. The number of alkyl halides is 2. The fourth-order valence-corrected chi connectivity index (χ4v) is 1.82. The van der Waals surface area contributed by atoms with Crippen LogP contribution in [0, 0.1) is 0 Å². The molecule has 2 rings (SSSR count). The highest BCUT2D eigenvalue weighted by molar-refractivity contribution is 6.07. The third-order valence-corrected chi connectivity index (χ3v) is 2.59. The zero-order valence-electron chi connectivity index (χ0n) is 9.36. The van der Waals surface area contributed by atoms with E-state index in [2.05, 4.69) is 4.98 Å². The van der Waals surface area contributed by atoms with Gasteiger partial charge in [0.2, 0.25) is 0 Å². The molecule has 0 spiro atoms. The summed E-state index contributed by atoms with van der Waals surface area (Å²) < 4.78 is 26.2. The summed E-state index contributed by atoms with van der Waals surface area (Å²) in [6.45, 7) is 1.31. The number of pyridine rings is 1. The van der Waals surface area contributed by atoms with Gasteiger partial charge in [-0.15, -0.1) is 0 Å². The minimum absolute atomic E-state index is 0.0592. The highest BCUT2D eigenvalue weighted by atomic mass is 19.3. The Labute approximate surface area is 97.1 Å². The van der Waals surface area contributed by atoms with Gasteiger partial charge in [-0.2, -0.15) is 0 Å². The summed E-state index contributed by atoms with van der Waals surface area (Å²) in [5, 5.41) is 0.639. The Morgan fingerprint density at radius 3 is 2.94 bits per heavy atom. The van der Waals surface area contributed by atoms with E-state index in [4.69, 9.17) is 0 Å². The Bertz CT molecular complexity index is 548. The molecule has 0 aliphatic rings. The molecule has 0 bridgehead atoms. The van der Waals surface area contributed by atoms with Crippen LogP contribution in [0.15, 0.2) is 24.5 Å². The molecule has 0 atom stereocenters. The van der Waals surface area contributed by atoms with E-state index < -0.39 is 13.0 Å². The fourth-order valence-electron chi connectivity index (χ4n) is 1.82. The minimum atomic E-state index is -2.46. The molecule has 0 aromatic carbocycles. The summed E-state index contributed by atoms with van der Waals surface area (Å²) in [7, 11) is 0. The second-order valence-electron chi connectivity index (χ2n) is 3.74. The average molecular weight is 238 g/mol. The molecule has 90 valence electrons. The maximum atomic E-state index is 12.4. The summed E-state index contributed by atoms with van der Waals surface area (Å²) in [6, 6.07) is 3.43. The van der Waals surface area contributed by atoms with Gasteiger partial charge in [-0.1, -0.05) is 6.92 Å². The van der Waals surface area contributed by atoms with Crippen LogP contribution in [0.3, 0.4) is 0 Å². The van der Waals surface area contributed by atoms with Gasteiger partial charge in [0, 0.05) is 29.8 Å². The van der Waals surface area contributed by atoms with Crippen molar-refractivity contribution >= 4 is 16.8 Å².